The van der Waals surface area contributed by atoms with Crippen LogP contribution in [0.5, 0.6) is 0 Å². The molecule has 2 aromatic rings. The maximum Gasteiger partial charge on any atom is 0.0960 e. The molecule has 1 N–H and O–H groups in total. The van der Waals surface area contributed by atoms with Gasteiger partial charge in [0.15, 0.2) is 0 Å². The van der Waals surface area contributed by atoms with Crippen molar-refractivity contribution in [1.29, 1.82) is 0 Å². The van der Waals surface area contributed by atoms with Crippen LogP contribution < -0.4 is 5.32 Å². The van der Waals surface area contributed by atoms with Gasteiger partial charge in [0.05, 0.1) is 17.4 Å². The van der Waals surface area contributed by atoms with Gasteiger partial charge in [-0.15, -0.1) is 0 Å². The molecular formula is C14H19N3. The Morgan fingerprint density at radius 1 is 1.41 bits per heavy atom. The number of aromatic nitrogens is 2. The first-order valence-corrected chi connectivity index (χ1v) is 6.49. The molecule has 1 heterocycles. The molecule has 1 saturated carbocycles. The van der Waals surface area contributed by atoms with Gasteiger partial charge in [0.25, 0.3) is 0 Å². The van der Waals surface area contributed by atoms with Crippen molar-refractivity contribution in [3.05, 3.63) is 30.6 Å². The Bertz CT molecular complexity index is 499. The molecule has 0 spiro atoms. The first-order valence-electron chi connectivity index (χ1n) is 6.49. The van der Waals surface area contributed by atoms with E-state index in [-0.39, 0.29) is 0 Å². The monoisotopic (exact) mass is 229 g/mol. The fourth-order valence-corrected chi connectivity index (χ4v) is 2.25. The zero-order valence-corrected chi connectivity index (χ0v) is 10.3. The molecular weight excluding hydrogens is 210 g/mol. The van der Waals surface area contributed by atoms with Crippen molar-refractivity contribution < 1.29 is 0 Å². The van der Waals surface area contributed by atoms with Crippen LogP contribution in [0.2, 0.25) is 0 Å². The molecule has 1 unspecified atom stereocenters. The van der Waals surface area contributed by atoms with Gasteiger partial charge in [-0.3, -0.25) is 0 Å². The number of rotatable bonds is 5. The van der Waals surface area contributed by atoms with Crippen molar-refractivity contribution in [2.24, 2.45) is 0 Å². The van der Waals surface area contributed by atoms with Crippen LogP contribution in [0.1, 0.15) is 32.2 Å². The highest BCUT2D eigenvalue weighted by molar-refractivity contribution is 5.75. The second-order valence-corrected chi connectivity index (χ2v) is 5.01. The summed E-state index contributed by atoms with van der Waals surface area (Å²) in [6.45, 7) is 3.38. The minimum atomic E-state index is 0.508. The molecule has 3 rings (SSSR count). The highest BCUT2D eigenvalue weighted by Gasteiger charge is 2.20. The molecule has 1 atom stereocenters. The summed E-state index contributed by atoms with van der Waals surface area (Å²) in [5.74, 6) is 0. The third kappa shape index (κ3) is 2.34. The van der Waals surface area contributed by atoms with Crippen LogP contribution in [0.4, 0.5) is 0 Å². The molecule has 1 aromatic heterocycles. The van der Waals surface area contributed by atoms with E-state index >= 15 is 0 Å². The topological polar surface area (TPSA) is 29.9 Å². The van der Waals surface area contributed by atoms with E-state index in [1.165, 1.54) is 18.4 Å². The Labute approximate surface area is 102 Å². The Hall–Kier alpha value is -1.35. The number of benzene rings is 1. The molecule has 0 bridgehead atoms. The minimum absolute atomic E-state index is 0.508. The summed E-state index contributed by atoms with van der Waals surface area (Å²) in [6.07, 6.45) is 5.86. The number of fused-ring (bicyclic) bond motifs is 1. The lowest BCUT2D eigenvalue weighted by Crippen LogP contribution is -2.20. The van der Waals surface area contributed by atoms with Crippen LogP contribution in [-0.2, 0) is 0 Å². The van der Waals surface area contributed by atoms with Crippen molar-refractivity contribution in [3.63, 3.8) is 0 Å². The van der Waals surface area contributed by atoms with Gasteiger partial charge in [-0.2, -0.15) is 0 Å². The van der Waals surface area contributed by atoms with Gasteiger partial charge in [-0.25, -0.2) is 4.98 Å². The van der Waals surface area contributed by atoms with Crippen molar-refractivity contribution >= 4 is 11.0 Å². The molecule has 90 valence electrons. The van der Waals surface area contributed by atoms with E-state index < -0.39 is 0 Å². The number of hydrogen-bond donors (Lipinski definition) is 1. The maximum absolute atomic E-state index is 4.44. The molecule has 0 radical (unpaired) electrons. The number of hydrogen-bond acceptors (Lipinski definition) is 2. The number of imidazole rings is 1. The molecule has 3 heteroatoms. The lowest BCUT2D eigenvalue weighted by atomic mass is 10.2. The Morgan fingerprint density at radius 2 is 2.24 bits per heavy atom. The fourth-order valence-electron chi connectivity index (χ4n) is 2.25. The van der Waals surface area contributed by atoms with Crippen LogP contribution >= 0.6 is 0 Å². The van der Waals surface area contributed by atoms with Gasteiger partial charge >= 0.3 is 0 Å². The number of nitrogens with one attached hydrogen (secondary N) is 1. The number of nitrogens with zero attached hydrogens (tertiary/aromatic N) is 2. The van der Waals surface area contributed by atoms with Crippen LogP contribution in [-0.4, -0.2) is 22.1 Å². The van der Waals surface area contributed by atoms with Gasteiger partial charge < -0.3 is 9.88 Å². The highest BCUT2D eigenvalue weighted by atomic mass is 15.1. The van der Waals surface area contributed by atoms with Crippen LogP contribution in [0.3, 0.4) is 0 Å². The summed E-state index contributed by atoms with van der Waals surface area (Å²) >= 11 is 0. The fraction of sp³-hybridized carbons (Fsp3) is 0.500. The quantitative estimate of drug-likeness (QED) is 0.854. The standard InChI is InChI=1S/C14H19N3/c1-11(8-9-15-12-6-7-12)17-10-16-13-4-2-3-5-14(13)17/h2-5,10-12,15H,6-9H2,1H3. The first-order chi connectivity index (χ1) is 8.34. The summed E-state index contributed by atoms with van der Waals surface area (Å²) in [5, 5.41) is 3.56. The first kappa shape index (κ1) is 10.8. The van der Waals surface area contributed by atoms with Crippen LogP contribution in [0.15, 0.2) is 30.6 Å². The maximum atomic E-state index is 4.44. The zero-order chi connectivity index (χ0) is 11.7. The third-order valence-electron chi connectivity index (χ3n) is 3.53. The molecule has 1 aliphatic carbocycles. The van der Waals surface area contributed by atoms with Gasteiger partial charge in [0.2, 0.25) is 0 Å². The Morgan fingerprint density at radius 3 is 3.06 bits per heavy atom. The largest absolute Gasteiger partial charge is 0.328 e. The highest BCUT2D eigenvalue weighted by Crippen LogP contribution is 2.21. The molecule has 1 fully saturated rings. The molecule has 3 nitrogen and oxygen atoms in total. The normalized spacial score (nSPS) is 17.5. The minimum Gasteiger partial charge on any atom is -0.328 e. The second kappa shape index (κ2) is 4.49. The van der Waals surface area contributed by atoms with E-state index in [2.05, 4.69) is 40.0 Å². The molecule has 1 aliphatic rings. The average molecular weight is 229 g/mol. The SMILES string of the molecule is CC(CCNC1CC1)n1cnc2ccccc21. The summed E-state index contributed by atoms with van der Waals surface area (Å²) < 4.78 is 2.28. The van der Waals surface area contributed by atoms with E-state index in [4.69, 9.17) is 0 Å². The van der Waals surface area contributed by atoms with E-state index in [9.17, 15) is 0 Å². The van der Waals surface area contributed by atoms with Gasteiger partial charge in [0, 0.05) is 12.1 Å². The predicted octanol–water partition coefficient (Wildman–Crippen LogP) is 2.74. The van der Waals surface area contributed by atoms with Gasteiger partial charge in [-0.1, -0.05) is 12.1 Å². The van der Waals surface area contributed by atoms with Gasteiger partial charge in [0.1, 0.15) is 0 Å². The molecule has 0 saturated heterocycles. The van der Waals surface area contributed by atoms with Crippen molar-refractivity contribution in [2.75, 3.05) is 6.54 Å². The van der Waals surface area contributed by atoms with E-state index in [1.807, 2.05) is 12.4 Å². The van der Waals surface area contributed by atoms with Crippen molar-refractivity contribution in [1.82, 2.24) is 14.9 Å². The summed E-state index contributed by atoms with van der Waals surface area (Å²) in [4.78, 5) is 4.44. The Kier molecular flexibility index (Phi) is 2.85. The van der Waals surface area contributed by atoms with E-state index in [0.29, 0.717) is 6.04 Å². The number of para-hydroxylation sites is 2. The van der Waals surface area contributed by atoms with E-state index in [0.717, 1.165) is 24.5 Å². The second-order valence-electron chi connectivity index (χ2n) is 5.01. The molecule has 0 amide bonds. The lowest BCUT2D eigenvalue weighted by Gasteiger charge is -2.14. The van der Waals surface area contributed by atoms with Crippen LogP contribution in [0.25, 0.3) is 11.0 Å². The summed E-state index contributed by atoms with van der Waals surface area (Å²) in [5.41, 5.74) is 2.33. The van der Waals surface area contributed by atoms with Crippen molar-refractivity contribution in [3.8, 4) is 0 Å². The average Bonchev–Trinajstić information content (AvgIpc) is 3.07. The van der Waals surface area contributed by atoms with Gasteiger partial charge in [-0.05, 0) is 44.9 Å². The summed E-state index contributed by atoms with van der Waals surface area (Å²) in [6, 6.07) is 9.65. The van der Waals surface area contributed by atoms with Crippen LogP contribution in [0, 0.1) is 0 Å². The predicted molar refractivity (Wildman–Crippen MR) is 70.1 cm³/mol. The lowest BCUT2D eigenvalue weighted by molar-refractivity contribution is 0.491. The smallest absolute Gasteiger partial charge is 0.0960 e. The molecule has 1 aromatic carbocycles. The summed E-state index contributed by atoms with van der Waals surface area (Å²) in [7, 11) is 0. The third-order valence-corrected chi connectivity index (χ3v) is 3.53. The zero-order valence-electron chi connectivity index (χ0n) is 10.3. The molecule has 0 aliphatic heterocycles. The Balaban J connectivity index is 1.68. The molecule has 17 heavy (non-hydrogen) atoms. The van der Waals surface area contributed by atoms with Crippen molar-refractivity contribution in [2.45, 2.75) is 38.3 Å². The van der Waals surface area contributed by atoms with E-state index in [1.54, 1.807) is 0 Å².